The summed E-state index contributed by atoms with van der Waals surface area (Å²) in [5.41, 5.74) is 2.95. The summed E-state index contributed by atoms with van der Waals surface area (Å²) >= 11 is 0. The van der Waals surface area contributed by atoms with Crippen LogP contribution in [0.3, 0.4) is 0 Å². The van der Waals surface area contributed by atoms with Gasteiger partial charge in [0.05, 0.1) is 18.1 Å². The van der Waals surface area contributed by atoms with Gasteiger partial charge in [-0.1, -0.05) is 0 Å². The average Bonchev–Trinajstić information content (AvgIpc) is 3.05. The number of benzene rings is 1. The monoisotopic (exact) mass is 366 g/mol. The number of nitrogens with zero attached hydrogens (tertiary/aromatic N) is 1. The molecule has 8 nitrogen and oxygen atoms in total. The maximum Gasteiger partial charge on any atom is 0.208 e. The first-order valence-electron chi connectivity index (χ1n) is 8.10. The molecule has 2 aromatic rings. The van der Waals surface area contributed by atoms with Gasteiger partial charge in [0.2, 0.25) is 10.0 Å². The van der Waals surface area contributed by atoms with Crippen LogP contribution in [-0.4, -0.2) is 51.2 Å². The van der Waals surface area contributed by atoms with Crippen molar-refractivity contribution in [2.24, 2.45) is 0 Å². The third-order valence-electron chi connectivity index (χ3n) is 3.76. The lowest BCUT2D eigenvalue weighted by Gasteiger charge is -2.18. The maximum absolute atomic E-state index is 11.0. The van der Waals surface area contributed by atoms with E-state index in [0.717, 1.165) is 34.6 Å². The first-order valence-corrected chi connectivity index (χ1v) is 10.00. The molecule has 0 amide bonds. The molecule has 3 N–H and O–H groups in total. The third kappa shape index (κ3) is 4.94. The van der Waals surface area contributed by atoms with Crippen LogP contribution < -0.4 is 19.5 Å². The first-order chi connectivity index (χ1) is 12.0. The largest absolute Gasteiger partial charge is 0.486 e. The van der Waals surface area contributed by atoms with Gasteiger partial charge in [-0.25, -0.2) is 13.1 Å². The molecule has 136 valence electrons. The quantitative estimate of drug-likeness (QED) is 0.599. The fraction of sp³-hybridized carbons (Fsp3) is 0.438. The number of H-pyrrole nitrogens is 1. The van der Waals surface area contributed by atoms with Crippen LogP contribution in [-0.2, 0) is 16.6 Å². The second-order valence-corrected chi connectivity index (χ2v) is 7.66. The molecule has 1 aromatic heterocycles. The predicted molar refractivity (Wildman–Crippen MR) is 94.2 cm³/mol. The number of nitrogens with one attached hydrogen (secondary N) is 3. The number of ether oxygens (including phenoxy) is 2. The minimum absolute atomic E-state index is 0.423. The van der Waals surface area contributed by atoms with Crippen molar-refractivity contribution < 1.29 is 17.9 Å². The van der Waals surface area contributed by atoms with Crippen LogP contribution in [0.5, 0.6) is 11.5 Å². The molecule has 9 heteroatoms. The van der Waals surface area contributed by atoms with Crippen molar-refractivity contribution in [1.29, 1.82) is 0 Å². The smallest absolute Gasteiger partial charge is 0.208 e. The number of hydrogen-bond donors (Lipinski definition) is 3. The highest BCUT2D eigenvalue weighted by Gasteiger charge is 2.14. The van der Waals surface area contributed by atoms with E-state index in [1.807, 2.05) is 18.2 Å². The number of aromatic amines is 1. The molecule has 0 saturated carbocycles. The van der Waals surface area contributed by atoms with E-state index in [2.05, 4.69) is 20.2 Å². The molecular weight excluding hydrogens is 344 g/mol. The number of rotatable bonds is 8. The second kappa shape index (κ2) is 7.85. The van der Waals surface area contributed by atoms with E-state index < -0.39 is 10.0 Å². The molecule has 1 aromatic carbocycles. The molecule has 1 aliphatic rings. The van der Waals surface area contributed by atoms with Gasteiger partial charge in [0, 0.05) is 24.2 Å². The van der Waals surface area contributed by atoms with Crippen LogP contribution in [0.2, 0.25) is 0 Å². The zero-order chi connectivity index (χ0) is 17.7. The van der Waals surface area contributed by atoms with E-state index in [1.165, 1.54) is 0 Å². The molecule has 0 saturated heterocycles. The first kappa shape index (κ1) is 17.7. The number of sulfonamides is 1. The Morgan fingerprint density at radius 2 is 2.00 bits per heavy atom. The molecule has 1 aliphatic heterocycles. The molecule has 0 bridgehead atoms. The van der Waals surface area contributed by atoms with Crippen molar-refractivity contribution in [2.45, 2.75) is 13.0 Å². The minimum Gasteiger partial charge on any atom is -0.486 e. The lowest BCUT2D eigenvalue weighted by atomic mass is 10.1. The summed E-state index contributed by atoms with van der Waals surface area (Å²) in [5.74, 6) is 1.50. The Balaban J connectivity index is 1.56. The number of hydrogen-bond acceptors (Lipinski definition) is 6. The van der Waals surface area contributed by atoms with Gasteiger partial charge >= 0.3 is 0 Å². The van der Waals surface area contributed by atoms with E-state index >= 15 is 0 Å². The molecule has 0 fully saturated rings. The molecule has 25 heavy (non-hydrogen) atoms. The summed E-state index contributed by atoms with van der Waals surface area (Å²) in [4.78, 5) is 0. The van der Waals surface area contributed by atoms with Gasteiger partial charge in [-0.05, 0) is 31.2 Å². The second-order valence-electron chi connectivity index (χ2n) is 5.83. The normalized spacial score (nSPS) is 13.8. The van der Waals surface area contributed by atoms with E-state index in [-0.39, 0.29) is 0 Å². The molecule has 0 spiro atoms. The van der Waals surface area contributed by atoms with Gasteiger partial charge in [0.1, 0.15) is 13.2 Å². The third-order valence-corrected chi connectivity index (χ3v) is 4.49. The van der Waals surface area contributed by atoms with Crippen LogP contribution in [0.4, 0.5) is 0 Å². The maximum atomic E-state index is 11.0. The van der Waals surface area contributed by atoms with Crippen molar-refractivity contribution in [3.8, 4) is 22.8 Å². The Kier molecular flexibility index (Phi) is 5.57. The van der Waals surface area contributed by atoms with Gasteiger partial charge in [0.25, 0.3) is 0 Å². The number of fused-ring (bicyclic) bond motifs is 1. The van der Waals surface area contributed by atoms with E-state index in [1.54, 1.807) is 6.20 Å². The van der Waals surface area contributed by atoms with Crippen LogP contribution in [0, 0.1) is 0 Å². The van der Waals surface area contributed by atoms with E-state index in [4.69, 9.17) is 9.47 Å². The standard InChI is InChI=1S/C16H22N4O4S/c1-25(21,22)19-6-2-5-17-10-13-11-18-20-16(13)12-3-4-14-15(9-12)24-8-7-23-14/h3-4,9,11,17,19H,2,5-8,10H2,1H3,(H,18,20). The van der Waals surface area contributed by atoms with Gasteiger partial charge in [-0.3, -0.25) is 5.10 Å². The predicted octanol–water partition coefficient (Wildman–Crippen LogP) is 0.877. The fourth-order valence-electron chi connectivity index (χ4n) is 2.59. The minimum atomic E-state index is -3.12. The summed E-state index contributed by atoms with van der Waals surface area (Å²) in [6.45, 7) is 2.88. The van der Waals surface area contributed by atoms with Crippen molar-refractivity contribution in [1.82, 2.24) is 20.2 Å². The van der Waals surface area contributed by atoms with Crippen LogP contribution in [0.1, 0.15) is 12.0 Å². The zero-order valence-electron chi connectivity index (χ0n) is 14.0. The van der Waals surface area contributed by atoms with Crippen LogP contribution in [0.15, 0.2) is 24.4 Å². The van der Waals surface area contributed by atoms with Crippen molar-refractivity contribution in [3.05, 3.63) is 30.0 Å². The van der Waals surface area contributed by atoms with Crippen LogP contribution in [0.25, 0.3) is 11.3 Å². The highest BCUT2D eigenvalue weighted by atomic mass is 32.2. The summed E-state index contributed by atoms with van der Waals surface area (Å²) in [5, 5.41) is 10.4. The van der Waals surface area contributed by atoms with E-state index in [9.17, 15) is 8.42 Å². The highest BCUT2D eigenvalue weighted by Crippen LogP contribution is 2.34. The summed E-state index contributed by atoms with van der Waals surface area (Å²) < 4.78 is 35.6. The zero-order valence-corrected chi connectivity index (χ0v) is 14.9. The fourth-order valence-corrected chi connectivity index (χ4v) is 3.10. The van der Waals surface area contributed by atoms with Crippen LogP contribution >= 0.6 is 0 Å². The van der Waals surface area contributed by atoms with Gasteiger partial charge in [0.15, 0.2) is 11.5 Å². The Morgan fingerprint density at radius 1 is 1.20 bits per heavy atom. The Bertz CT molecular complexity index is 819. The molecule has 3 rings (SSSR count). The van der Waals surface area contributed by atoms with Gasteiger partial charge in [-0.2, -0.15) is 5.10 Å². The summed E-state index contributed by atoms with van der Waals surface area (Å²) in [6, 6.07) is 5.82. The van der Waals surface area contributed by atoms with Gasteiger partial charge < -0.3 is 14.8 Å². The van der Waals surface area contributed by atoms with Crippen molar-refractivity contribution >= 4 is 10.0 Å². The Morgan fingerprint density at radius 3 is 2.80 bits per heavy atom. The van der Waals surface area contributed by atoms with Crippen molar-refractivity contribution in [3.63, 3.8) is 0 Å². The summed E-state index contributed by atoms with van der Waals surface area (Å²) in [7, 11) is -3.12. The molecule has 2 heterocycles. The summed E-state index contributed by atoms with van der Waals surface area (Å²) in [6.07, 6.45) is 3.66. The molecule has 0 radical (unpaired) electrons. The topological polar surface area (TPSA) is 105 Å². The molecule has 0 aliphatic carbocycles. The SMILES string of the molecule is CS(=O)(=O)NCCCNCc1cn[nH]c1-c1ccc2c(c1)OCCO2. The Hall–Kier alpha value is -2.10. The molecular formula is C16H22N4O4S. The average molecular weight is 366 g/mol. The lowest BCUT2D eigenvalue weighted by molar-refractivity contribution is 0.171. The van der Waals surface area contributed by atoms with Gasteiger partial charge in [-0.15, -0.1) is 0 Å². The highest BCUT2D eigenvalue weighted by molar-refractivity contribution is 7.88. The number of aromatic nitrogens is 2. The van der Waals surface area contributed by atoms with E-state index in [0.29, 0.717) is 39.3 Å². The van der Waals surface area contributed by atoms with Crippen molar-refractivity contribution in [2.75, 3.05) is 32.6 Å². The molecule has 0 unspecified atom stereocenters. The Labute approximate surface area is 147 Å². The lowest BCUT2D eigenvalue weighted by Crippen LogP contribution is -2.26. The molecule has 0 atom stereocenters.